The molecule has 0 unspecified atom stereocenters. The van der Waals surface area contributed by atoms with E-state index in [9.17, 15) is 4.79 Å². The monoisotopic (exact) mass is 319 g/mol. The molecule has 1 amide bonds. The Morgan fingerprint density at radius 1 is 1.41 bits per heavy atom. The molecule has 0 fully saturated rings. The molecule has 0 spiro atoms. The van der Waals surface area contributed by atoms with Crippen molar-refractivity contribution in [2.24, 2.45) is 0 Å². The Kier molecular flexibility index (Phi) is 6.55. The fourth-order valence-electron chi connectivity index (χ4n) is 1.36. The SMILES string of the molecule is Cc1cc(Cl)cc(C(=O)NCCOCCBr)c1. The van der Waals surface area contributed by atoms with Crippen LogP contribution in [0.3, 0.4) is 0 Å². The topological polar surface area (TPSA) is 38.3 Å². The van der Waals surface area contributed by atoms with Crippen LogP contribution >= 0.6 is 27.5 Å². The Balaban J connectivity index is 2.41. The quantitative estimate of drug-likeness (QED) is 0.646. The van der Waals surface area contributed by atoms with Gasteiger partial charge in [-0.1, -0.05) is 27.5 Å². The summed E-state index contributed by atoms with van der Waals surface area (Å²) in [4.78, 5) is 11.7. The van der Waals surface area contributed by atoms with Gasteiger partial charge in [-0.25, -0.2) is 0 Å². The number of rotatable bonds is 6. The Hall–Kier alpha value is -0.580. The van der Waals surface area contributed by atoms with Gasteiger partial charge in [0.1, 0.15) is 0 Å². The van der Waals surface area contributed by atoms with Crippen molar-refractivity contribution in [3.8, 4) is 0 Å². The van der Waals surface area contributed by atoms with Crippen LogP contribution in [0.1, 0.15) is 15.9 Å². The maximum Gasteiger partial charge on any atom is 0.251 e. The summed E-state index contributed by atoms with van der Waals surface area (Å²) < 4.78 is 5.23. The molecule has 1 aromatic rings. The van der Waals surface area contributed by atoms with Crippen molar-refractivity contribution < 1.29 is 9.53 Å². The second-order valence-corrected chi connectivity index (χ2v) is 4.80. The van der Waals surface area contributed by atoms with Crippen LogP contribution in [0.15, 0.2) is 18.2 Å². The predicted octanol–water partition coefficient (Wildman–Crippen LogP) is 2.79. The van der Waals surface area contributed by atoms with Crippen LogP contribution in [0, 0.1) is 6.92 Å². The van der Waals surface area contributed by atoms with Gasteiger partial charge in [-0.3, -0.25) is 4.79 Å². The van der Waals surface area contributed by atoms with Crippen LogP contribution in [-0.2, 0) is 4.74 Å². The van der Waals surface area contributed by atoms with E-state index in [1.165, 1.54) is 0 Å². The average Bonchev–Trinajstić information content (AvgIpc) is 2.27. The normalized spacial score (nSPS) is 10.3. The molecule has 1 rings (SSSR count). The summed E-state index contributed by atoms with van der Waals surface area (Å²) in [6, 6.07) is 5.28. The third-order valence-electron chi connectivity index (χ3n) is 2.06. The lowest BCUT2D eigenvalue weighted by Crippen LogP contribution is -2.27. The summed E-state index contributed by atoms with van der Waals surface area (Å²) in [5.74, 6) is -0.127. The summed E-state index contributed by atoms with van der Waals surface area (Å²) in [6.45, 7) is 3.56. The van der Waals surface area contributed by atoms with E-state index < -0.39 is 0 Å². The Labute approximate surface area is 115 Å². The van der Waals surface area contributed by atoms with Gasteiger partial charge in [-0.05, 0) is 30.7 Å². The maximum atomic E-state index is 11.7. The summed E-state index contributed by atoms with van der Waals surface area (Å²) in [5, 5.41) is 4.15. The van der Waals surface area contributed by atoms with Crippen LogP contribution in [0.2, 0.25) is 5.02 Å². The third-order valence-corrected chi connectivity index (χ3v) is 2.60. The van der Waals surface area contributed by atoms with E-state index >= 15 is 0 Å². The molecule has 0 aliphatic heterocycles. The molecule has 1 N–H and O–H groups in total. The minimum absolute atomic E-state index is 0.127. The summed E-state index contributed by atoms with van der Waals surface area (Å²) >= 11 is 9.14. The van der Waals surface area contributed by atoms with Crippen LogP contribution in [-0.4, -0.2) is 31.0 Å². The number of amides is 1. The fraction of sp³-hybridized carbons (Fsp3) is 0.417. The number of alkyl halides is 1. The number of nitrogens with one attached hydrogen (secondary N) is 1. The zero-order chi connectivity index (χ0) is 12.7. The number of ether oxygens (including phenoxy) is 1. The van der Waals surface area contributed by atoms with Crippen molar-refractivity contribution in [2.45, 2.75) is 6.92 Å². The highest BCUT2D eigenvalue weighted by Crippen LogP contribution is 2.14. The summed E-state index contributed by atoms with van der Waals surface area (Å²) in [6.07, 6.45) is 0. The maximum absolute atomic E-state index is 11.7. The molecule has 0 radical (unpaired) electrons. The summed E-state index contributed by atoms with van der Waals surface area (Å²) in [7, 11) is 0. The van der Waals surface area contributed by atoms with Gasteiger partial charge in [-0.15, -0.1) is 0 Å². The molecule has 0 aromatic heterocycles. The predicted molar refractivity (Wildman–Crippen MR) is 73.1 cm³/mol. The van der Waals surface area contributed by atoms with E-state index in [2.05, 4.69) is 21.2 Å². The lowest BCUT2D eigenvalue weighted by atomic mass is 10.1. The number of hydrogen-bond donors (Lipinski definition) is 1. The molecular weight excluding hydrogens is 305 g/mol. The first-order chi connectivity index (χ1) is 8.13. The molecule has 3 nitrogen and oxygen atoms in total. The number of carbonyl (C=O) groups excluding carboxylic acids is 1. The molecule has 0 heterocycles. The van der Waals surface area contributed by atoms with Crippen molar-refractivity contribution in [3.05, 3.63) is 34.3 Å². The molecule has 0 bridgehead atoms. The lowest BCUT2D eigenvalue weighted by molar-refractivity contribution is 0.0924. The highest BCUT2D eigenvalue weighted by molar-refractivity contribution is 9.09. The van der Waals surface area contributed by atoms with E-state index in [-0.39, 0.29) is 5.91 Å². The van der Waals surface area contributed by atoms with Crippen LogP contribution in [0.4, 0.5) is 0 Å². The van der Waals surface area contributed by atoms with Crippen molar-refractivity contribution in [1.29, 1.82) is 0 Å². The number of benzene rings is 1. The highest BCUT2D eigenvalue weighted by Gasteiger charge is 2.06. The van der Waals surface area contributed by atoms with E-state index in [0.717, 1.165) is 10.9 Å². The molecule has 94 valence electrons. The van der Waals surface area contributed by atoms with Gasteiger partial charge in [0.25, 0.3) is 5.91 Å². The molecule has 0 saturated heterocycles. The number of hydrogen-bond acceptors (Lipinski definition) is 2. The Morgan fingerprint density at radius 3 is 2.82 bits per heavy atom. The van der Waals surface area contributed by atoms with Gasteiger partial charge < -0.3 is 10.1 Å². The van der Waals surface area contributed by atoms with Crippen molar-refractivity contribution in [3.63, 3.8) is 0 Å². The zero-order valence-corrected chi connectivity index (χ0v) is 12.0. The third kappa shape index (κ3) is 5.52. The van der Waals surface area contributed by atoms with Gasteiger partial charge in [-0.2, -0.15) is 0 Å². The molecule has 0 aliphatic carbocycles. The second kappa shape index (κ2) is 7.69. The molecule has 0 atom stereocenters. The first-order valence-corrected chi connectivity index (χ1v) is 6.82. The fourth-order valence-corrected chi connectivity index (χ4v) is 1.88. The minimum Gasteiger partial charge on any atom is -0.379 e. The van der Waals surface area contributed by atoms with E-state index in [1.807, 2.05) is 13.0 Å². The Bertz CT molecular complexity index is 365. The average molecular weight is 321 g/mol. The first kappa shape index (κ1) is 14.5. The second-order valence-electron chi connectivity index (χ2n) is 3.57. The van der Waals surface area contributed by atoms with E-state index in [1.54, 1.807) is 12.1 Å². The van der Waals surface area contributed by atoms with Gasteiger partial charge in [0.05, 0.1) is 13.2 Å². The smallest absolute Gasteiger partial charge is 0.251 e. The van der Waals surface area contributed by atoms with Crippen molar-refractivity contribution in [1.82, 2.24) is 5.32 Å². The summed E-state index contributed by atoms with van der Waals surface area (Å²) in [5.41, 5.74) is 1.55. The Morgan fingerprint density at radius 2 is 2.18 bits per heavy atom. The number of aryl methyl sites for hydroxylation is 1. The van der Waals surface area contributed by atoms with E-state index in [4.69, 9.17) is 16.3 Å². The minimum atomic E-state index is -0.127. The number of halogens is 2. The molecule has 17 heavy (non-hydrogen) atoms. The van der Waals surface area contributed by atoms with Gasteiger partial charge >= 0.3 is 0 Å². The van der Waals surface area contributed by atoms with Gasteiger partial charge in [0, 0.05) is 22.5 Å². The van der Waals surface area contributed by atoms with Crippen LogP contribution in [0.5, 0.6) is 0 Å². The number of carbonyl (C=O) groups is 1. The molecule has 0 aliphatic rings. The molecule has 5 heteroatoms. The molecular formula is C12H15BrClNO2. The van der Waals surface area contributed by atoms with Crippen molar-refractivity contribution >= 4 is 33.4 Å². The first-order valence-electron chi connectivity index (χ1n) is 5.32. The zero-order valence-electron chi connectivity index (χ0n) is 9.63. The molecule has 0 saturated carbocycles. The van der Waals surface area contributed by atoms with Crippen LogP contribution < -0.4 is 5.32 Å². The highest BCUT2D eigenvalue weighted by atomic mass is 79.9. The van der Waals surface area contributed by atoms with Crippen molar-refractivity contribution in [2.75, 3.05) is 25.1 Å². The van der Waals surface area contributed by atoms with Crippen LogP contribution in [0.25, 0.3) is 0 Å². The lowest BCUT2D eigenvalue weighted by Gasteiger charge is -2.06. The standard InChI is InChI=1S/C12H15BrClNO2/c1-9-6-10(8-11(14)7-9)12(16)15-3-5-17-4-2-13/h6-8H,2-5H2,1H3,(H,15,16). The van der Waals surface area contributed by atoms with E-state index in [0.29, 0.717) is 30.3 Å². The van der Waals surface area contributed by atoms with Gasteiger partial charge in [0.15, 0.2) is 0 Å². The molecule has 1 aromatic carbocycles. The largest absolute Gasteiger partial charge is 0.379 e. The van der Waals surface area contributed by atoms with Gasteiger partial charge in [0.2, 0.25) is 0 Å².